The Balaban J connectivity index is 1.65. The van der Waals surface area contributed by atoms with Gasteiger partial charge in [-0.2, -0.15) is 5.10 Å². The Morgan fingerprint density at radius 3 is 2.88 bits per heavy atom. The van der Waals surface area contributed by atoms with E-state index in [0.29, 0.717) is 22.5 Å². The van der Waals surface area contributed by atoms with E-state index in [9.17, 15) is 9.18 Å². The van der Waals surface area contributed by atoms with Crippen molar-refractivity contribution in [3.8, 4) is 11.3 Å². The molecule has 0 saturated carbocycles. The van der Waals surface area contributed by atoms with Crippen LogP contribution in [0, 0.1) is 5.82 Å². The van der Waals surface area contributed by atoms with Crippen molar-refractivity contribution in [2.24, 2.45) is 0 Å². The van der Waals surface area contributed by atoms with Crippen molar-refractivity contribution in [3.63, 3.8) is 0 Å². The number of carbonyl (C=O) groups excluding carboxylic acids is 1. The van der Waals surface area contributed by atoms with Crippen molar-refractivity contribution >= 4 is 22.5 Å². The van der Waals surface area contributed by atoms with Gasteiger partial charge >= 0.3 is 0 Å². The lowest BCUT2D eigenvalue weighted by Gasteiger charge is -2.07. The summed E-state index contributed by atoms with van der Waals surface area (Å²) in [5.41, 5.74) is 2.60. The molecule has 0 aliphatic rings. The first-order valence-corrected chi connectivity index (χ1v) is 7.39. The fourth-order valence-electron chi connectivity index (χ4n) is 2.63. The Labute approximate surface area is 136 Å². The number of anilines is 1. The molecule has 0 aliphatic heterocycles. The van der Waals surface area contributed by atoms with Gasteiger partial charge in [-0.15, -0.1) is 0 Å². The molecule has 0 atom stereocenters. The number of hydrogen-bond acceptors (Lipinski definition) is 2. The molecular weight excluding hydrogens is 307 g/mol. The van der Waals surface area contributed by atoms with Crippen LogP contribution in [0.4, 0.5) is 10.1 Å². The minimum Gasteiger partial charge on any atom is -0.361 e. The van der Waals surface area contributed by atoms with Gasteiger partial charge in [-0.05, 0) is 35.7 Å². The summed E-state index contributed by atoms with van der Waals surface area (Å²) >= 11 is 0. The summed E-state index contributed by atoms with van der Waals surface area (Å²) in [6.07, 6.45) is 3.28. The summed E-state index contributed by atoms with van der Waals surface area (Å²) < 4.78 is 14.0. The molecule has 2 aromatic carbocycles. The topological polar surface area (TPSA) is 73.6 Å². The monoisotopic (exact) mass is 320 g/mol. The van der Waals surface area contributed by atoms with Crippen LogP contribution in [0.5, 0.6) is 0 Å². The predicted octanol–water partition coefficient (Wildman–Crippen LogP) is 3.95. The van der Waals surface area contributed by atoms with Crippen molar-refractivity contribution in [1.29, 1.82) is 0 Å². The maximum Gasteiger partial charge on any atom is 0.255 e. The molecule has 2 heterocycles. The summed E-state index contributed by atoms with van der Waals surface area (Å²) in [7, 11) is 0. The van der Waals surface area contributed by atoms with E-state index < -0.39 is 0 Å². The smallest absolute Gasteiger partial charge is 0.255 e. The number of nitrogens with zero attached hydrogens (tertiary/aromatic N) is 1. The number of aromatic nitrogens is 3. The van der Waals surface area contributed by atoms with Crippen molar-refractivity contribution in [3.05, 3.63) is 72.3 Å². The van der Waals surface area contributed by atoms with Gasteiger partial charge in [0, 0.05) is 22.8 Å². The zero-order valence-electron chi connectivity index (χ0n) is 12.5. The van der Waals surface area contributed by atoms with Crippen LogP contribution >= 0.6 is 0 Å². The van der Waals surface area contributed by atoms with Gasteiger partial charge in [0.25, 0.3) is 5.91 Å². The van der Waals surface area contributed by atoms with Crippen LogP contribution < -0.4 is 5.32 Å². The second-order valence-corrected chi connectivity index (χ2v) is 5.37. The largest absolute Gasteiger partial charge is 0.361 e. The molecule has 3 N–H and O–H groups in total. The fourth-order valence-corrected chi connectivity index (χ4v) is 2.63. The molecule has 0 fully saturated rings. The summed E-state index contributed by atoms with van der Waals surface area (Å²) in [6.45, 7) is 0. The van der Waals surface area contributed by atoms with Crippen LogP contribution in [0.15, 0.2) is 60.9 Å². The lowest BCUT2D eigenvalue weighted by Crippen LogP contribution is -2.12. The summed E-state index contributed by atoms with van der Waals surface area (Å²) in [4.78, 5) is 15.6. The van der Waals surface area contributed by atoms with Gasteiger partial charge in [0.1, 0.15) is 5.82 Å². The molecule has 0 spiro atoms. The molecule has 24 heavy (non-hydrogen) atoms. The Morgan fingerprint density at radius 2 is 2.00 bits per heavy atom. The number of benzene rings is 2. The highest BCUT2D eigenvalue weighted by atomic mass is 19.1. The Kier molecular flexibility index (Phi) is 3.35. The second kappa shape index (κ2) is 5.66. The standard InChI is InChI=1S/C18H13FN4O/c19-14-4-2-1-3-13(14)17-16(10-21-23-17)22-18(24)12-6-5-11-7-8-20-15(11)9-12/h1-10,20H,(H,21,23)(H,22,24). The van der Waals surface area contributed by atoms with Crippen molar-refractivity contribution in [2.75, 3.05) is 5.32 Å². The zero-order valence-corrected chi connectivity index (χ0v) is 12.5. The highest BCUT2D eigenvalue weighted by molar-refractivity contribution is 6.07. The van der Waals surface area contributed by atoms with Gasteiger partial charge in [0.15, 0.2) is 0 Å². The third kappa shape index (κ3) is 2.44. The number of carbonyl (C=O) groups is 1. The summed E-state index contributed by atoms with van der Waals surface area (Å²) in [5, 5.41) is 10.5. The number of hydrogen-bond donors (Lipinski definition) is 3. The van der Waals surface area contributed by atoms with E-state index in [4.69, 9.17) is 0 Å². The van der Waals surface area contributed by atoms with Crippen LogP contribution in [-0.2, 0) is 0 Å². The SMILES string of the molecule is O=C(Nc1cn[nH]c1-c1ccccc1F)c1ccc2cc[nH]c2c1. The average Bonchev–Trinajstić information content (AvgIpc) is 3.23. The molecular formula is C18H13FN4O. The molecule has 118 valence electrons. The quantitative estimate of drug-likeness (QED) is 0.535. The maximum atomic E-state index is 14.0. The molecule has 0 unspecified atom stereocenters. The Bertz CT molecular complexity index is 1030. The normalized spacial score (nSPS) is 10.9. The third-order valence-electron chi connectivity index (χ3n) is 3.85. The molecule has 2 aromatic heterocycles. The molecule has 1 amide bonds. The highest BCUT2D eigenvalue weighted by Gasteiger charge is 2.15. The molecule has 4 rings (SSSR count). The van der Waals surface area contributed by atoms with Gasteiger partial charge in [-0.1, -0.05) is 18.2 Å². The van der Waals surface area contributed by atoms with E-state index in [1.165, 1.54) is 12.3 Å². The molecule has 6 heteroatoms. The number of H-pyrrole nitrogens is 2. The Morgan fingerprint density at radius 1 is 1.12 bits per heavy atom. The molecule has 4 aromatic rings. The summed E-state index contributed by atoms with van der Waals surface area (Å²) in [6, 6.07) is 13.6. The molecule has 0 radical (unpaired) electrons. The minimum absolute atomic E-state index is 0.287. The third-order valence-corrected chi connectivity index (χ3v) is 3.85. The predicted molar refractivity (Wildman–Crippen MR) is 90.2 cm³/mol. The first kappa shape index (κ1) is 14.2. The van der Waals surface area contributed by atoms with Crippen molar-refractivity contribution < 1.29 is 9.18 Å². The molecule has 0 bridgehead atoms. The van der Waals surface area contributed by atoms with Gasteiger partial charge in [0.05, 0.1) is 17.6 Å². The van der Waals surface area contributed by atoms with Crippen molar-refractivity contribution in [2.45, 2.75) is 0 Å². The maximum absolute atomic E-state index is 14.0. The first-order chi connectivity index (χ1) is 11.7. The highest BCUT2D eigenvalue weighted by Crippen LogP contribution is 2.28. The first-order valence-electron chi connectivity index (χ1n) is 7.39. The zero-order chi connectivity index (χ0) is 16.5. The van der Waals surface area contributed by atoms with Gasteiger partial charge in [-0.25, -0.2) is 4.39 Å². The molecule has 0 saturated heterocycles. The van der Waals surface area contributed by atoms with E-state index in [-0.39, 0.29) is 11.7 Å². The lowest BCUT2D eigenvalue weighted by atomic mass is 10.1. The minimum atomic E-state index is -0.384. The van der Waals surface area contributed by atoms with Gasteiger partial charge in [-0.3, -0.25) is 9.89 Å². The number of halogens is 1. The molecule has 5 nitrogen and oxygen atoms in total. The van der Waals surface area contributed by atoms with Crippen LogP contribution in [0.25, 0.3) is 22.2 Å². The van der Waals surface area contributed by atoms with Crippen LogP contribution in [0.3, 0.4) is 0 Å². The van der Waals surface area contributed by atoms with E-state index in [1.54, 1.807) is 30.3 Å². The van der Waals surface area contributed by atoms with E-state index in [0.717, 1.165) is 10.9 Å². The van der Waals surface area contributed by atoms with Crippen LogP contribution in [0.2, 0.25) is 0 Å². The number of rotatable bonds is 3. The average molecular weight is 320 g/mol. The second-order valence-electron chi connectivity index (χ2n) is 5.37. The lowest BCUT2D eigenvalue weighted by molar-refractivity contribution is 0.102. The summed E-state index contributed by atoms with van der Waals surface area (Å²) in [5.74, 6) is -0.671. The fraction of sp³-hybridized carbons (Fsp3) is 0. The number of nitrogens with one attached hydrogen (secondary N) is 3. The Hall–Kier alpha value is -3.41. The van der Waals surface area contributed by atoms with Gasteiger partial charge < -0.3 is 10.3 Å². The van der Waals surface area contributed by atoms with Crippen LogP contribution in [0.1, 0.15) is 10.4 Å². The van der Waals surface area contributed by atoms with E-state index in [1.807, 2.05) is 18.3 Å². The van der Waals surface area contributed by atoms with E-state index >= 15 is 0 Å². The van der Waals surface area contributed by atoms with E-state index in [2.05, 4.69) is 20.5 Å². The molecule has 0 aliphatic carbocycles. The number of fused-ring (bicyclic) bond motifs is 1. The number of amides is 1. The van der Waals surface area contributed by atoms with Crippen molar-refractivity contribution in [1.82, 2.24) is 15.2 Å². The number of aromatic amines is 2. The van der Waals surface area contributed by atoms with Crippen LogP contribution in [-0.4, -0.2) is 21.1 Å². The van der Waals surface area contributed by atoms with Gasteiger partial charge in [0.2, 0.25) is 0 Å².